The number of benzene rings is 1. The van der Waals surface area contributed by atoms with Crippen LogP contribution in [0.3, 0.4) is 0 Å². The van der Waals surface area contributed by atoms with E-state index in [0.717, 1.165) is 18.7 Å². The molecule has 16 heavy (non-hydrogen) atoms. The van der Waals surface area contributed by atoms with Gasteiger partial charge in [-0.15, -0.1) is 0 Å². The zero-order valence-corrected chi connectivity index (χ0v) is 10.4. The SMILES string of the molecule is CCCC[NH+](C)Cc1cccc(OC)c1O. The molecule has 2 N–H and O–H groups in total. The summed E-state index contributed by atoms with van der Waals surface area (Å²) in [4.78, 5) is 1.41. The average molecular weight is 224 g/mol. The highest BCUT2D eigenvalue weighted by Crippen LogP contribution is 2.28. The Balaban J connectivity index is 2.66. The number of nitrogens with one attached hydrogen (secondary N) is 1. The molecule has 0 radical (unpaired) electrons. The highest BCUT2D eigenvalue weighted by Gasteiger charge is 2.11. The minimum Gasteiger partial charge on any atom is -0.504 e. The van der Waals surface area contributed by atoms with Gasteiger partial charge in [-0.1, -0.05) is 19.4 Å². The second-order valence-electron chi connectivity index (χ2n) is 4.21. The predicted molar refractivity (Wildman–Crippen MR) is 65.0 cm³/mol. The fourth-order valence-corrected chi connectivity index (χ4v) is 1.77. The van der Waals surface area contributed by atoms with E-state index in [1.165, 1.54) is 17.7 Å². The maximum absolute atomic E-state index is 9.92. The molecule has 3 nitrogen and oxygen atoms in total. The Hall–Kier alpha value is -1.22. The first-order valence-electron chi connectivity index (χ1n) is 5.85. The van der Waals surface area contributed by atoms with Crippen molar-refractivity contribution >= 4 is 0 Å². The smallest absolute Gasteiger partial charge is 0.166 e. The number of aromatic hydroxyl groups is 1. The van der Waals surface area contributed by atoms with E-state index in [9.17, 15) is 5.11 Å². The van der Waals surface area contributed by atoms with Gasteiger partial charge in [-0.2, -0.15) is 0 Å². The number of para-hydroxylation sites is 1. The quantitative estimate of drug-likeness (QED) is 0.761. The van der Waals surface area contributed by atoms with Crippen molar-refractivity contribution in [3.63, 3.8) is 0 Å². The molecule has 1 aromatic carbocycles. The zero-order chi connectivity index (χ0) is 12.0. The standard InChI is InChI=1S/C13H21NO2/c1-4-5-9-14(2)10-11-7-6-8-12(16-3)13(11)15/h6-8,15H,4-5,9-10H2,1-3H3/p+1. The maximum Gasteiger partial charge on any atom is 0.166 e. The van der Waals surface area contributed by atoms with Crippen molar-refractivity contribution in [3.05, 3.63) is 23.8 Å². The van der Waals surface area contributed by atoms with E-state index in [4.69, 9.17) is 4.74 Å². The van der Waals surface area contributed by atoms with Gasteiger partial charge in [0, 0.05) is 0 Å². The van der Waals surface area contributed by atoms with E-state index in [1.807, 2.05) is 12.1 Å². The molecule has 0 aliphatic heterocycles. The Labute approximate surface area is 97.7 Å². The topological polar surface area (TPSA) is 33.9 Å². The summed E-state index contributed by atoms with van der Waals surface area (Å²) in [5.41, 5.74) is 0.952. The van der Waals surface area contributed by atoms with Crippen LogP contribution in [0.4, 0.5) is 0 Å². The molecule has 0 bridgehead atoms. The third-order valence-corrected chi connectivity index (χ3v) is 2.75. The molecule has 0 aliphatic rings. The summed E-state index contributed by atoms with van der Waals surface area (Å²) in [6.07, 6.45) is 2.43. The Bertz CT molecular complexity index is 326. The minimum atomic E-state index is 0.279. The fraction of sp³-hybridized carbons (Fsp3) is 0.538. The number of unbranched alkanes of at least 4 members (excludes halogenated alkanes) is 1. The summed E-state index contributed by atoms with van der Waals surface area (Å²) in [5.74, 6) is 0.835. The van der Waals surface area contributed by atoms with Crippen molar-refractivity contribution < 1.29 is 14.7 Å². The molecule has 0 fully saturated rings. The van der Waals surface area contributed by atoms with E-state index in [1.54, 1.807) is 13.2 Å². The largest absolute Gasteiger partial charge is 0.504 e. The zero-order valence-electron chi connectivity index (χ0n) is 10.4. The van der Waals surface area contributed by atoms with E-state index < -0.39 is 0 Å². The highest BCUT2D eigenvalue weighted by atomic mass is 16.5. The summed E-state index contributed by atoms with van der Waals surface area (Å²) in [6, 6.07) is 5.65. The second-order valence-corrected chi connectivity index (χ2v) is 4.21. The molecule has 1 aromatic rings. The minimum absolute atomic E-state index is 0.279. The lowest BCUT2D eigenvalue weighted by atomic mass is 10.1. The summed E-state index contributed by atoms with van der Waals surface area (Å²) < 4.78 is 5.09. The van der Waals surface area contributed by atoms with Gasteiger partial charge in [0.15, 0.2) is 11.5 Å². The van der Waals surface area contributed by atoms with Gasteiger partial charge in [0.25, 0.3) is 0 Å². The molecule has 0 aromatic heterocycles. The molecule has 0 amide bonds. The lowest BCUT2D eigenvalue weighted by molar-refractivity contribution is -0.894. The predicted octanol–water partition coefficient (Wildman–Crippen LogP) is 1.22. The summed E-state index contributed by atoms with van der Waals surface area (Å²) in [7, 11) is 3.72. The number of quaternary nitrogens is 1. The molecule has 3 heteroatoms. The summed E-state index contributed by atoms with van der Waals surface area (Å²) >= 11 is 0. The summed E-state index contributed by atoms with van der Waals surface area (Å²) in [6.45, 7) is 4.16. The average Bonchev–Trinajstić information content (AvgIpc) is 2.29. The van der Waals surface area contributed by atoms with Crippen molar-refractivity contribution in [2.75, 3.05) is 20.7 Å². The van der Waals surface area contributed by atoms with Crippen LogP contribution in [-0.4, -0.2) is 25.8 Å². The van der Waals surface area contributed by atoms with Gasteiger partial charge in [-0.3, -0.25) is 0 Å². The van der Waals surface area contributed by atoms with Gasteiger partial charge >= 0.3 is 0 Å². The Morgan fingerprint density at radius 2 is 2.12 bits per heavy atom. The van der Waals surface area contributed by atoms with Crippen molar-refractivity contribution in [2.45, 2.75) is 26.3 Å². The van der Waals surface area contributed by atoms with Crippen molar-refractivity contribution in [1.82, 2.24) is 0 Å². The molecule has 0 aliphatic carbocycles. The van der Waals surface area contributed by atoms with E-state index in [-0.39, 0.29) is 5.75 Å². The first-order chi connectivity index (χ1) is 7.69. The van der Waals surface area contributed by atoms with Gasteiger partial charge < -0.3 is 14.7 Å². The first kappa shape index (κ1) is 12.8. The van der Waals surface area contributed by atoms with Crippen molar-refractivity contribution in [2.24, 2.45) is 0 Å². The molecule has 0 heterocycles. The second kappa shape index (κ2) is 6.38. The van der Waals surface area contributed by atoms with Crippen LogP contribution in [0.2, 0.25) is 0 Å². The molecule has 0 saturated heterocycles. The number of hydrogen-bond acceptors (Lipinski definition) is 2. The molecular weight excluding hydrogens is 202 g/mol. The van der Waals surface area contributed by atoms with Crippen LogP contribution in [0, 0.1) is 0 Å². The third-order valence-electron chi connectivity index (χ3n) is 2.75. The highest BCUT2D eigenvalue weighted by molar-refractivity contribution is 5.44. The molecule has 1 rings (SSSR count). The molecular formula is C13H22NO2+. The van der Waals surface area contributed by atoms with Crippen LogP contribution in [0.25, 0.3) is 0 Å². The Morgan fingerprint density at radius 1 is 1.38 bits per heavy atom. The number of phenolic OH excluding ortho intramolecular Hbond substituents is 1. The lowest BCUT2D eigenvalue weighted by Crippen LogP contribution is -3.07. The number of ether oxygens (including phenoxy) is 1. The van der Waals surface area contributed by atoms with E-state index in [2.05, 4.69) is 14.0 Å². The van der Waals surface area contributed by atoms with Crippen LogP contribution in [0.15, 0.2) is 18.2 Å². The van der Waals surface area contributed by atoms with Gasteiger partial charge in [-0.05, 0) is 18.6 Å². The van der Waals surface area contributed by atoms with Gasteiger partial charge in [0.2, 0.25) is 0 Å². The van der Waals surface area contributed by atoms with Gasteiger partial charge in [-0.25, -0.2) is 0 Å². The molecule has 1 atom stereocenters. The third kappa shape index (κ3) is 3.42. The monoisotopic (exact) mass is 224 g/mol. The molecule has 0 saturated carbocycles. The maximum atomic E-state index is 9.92. The van der Waals surface area contributed by atoms with Crippen LogP contribution in [-0.2, 0) is 6.54 Å². The fourth-order valence-electron chi connectivity index (χ4n) is 1.77. The molecule has 90 valence electrons. The first-order valence-corrected chi connectivity index (χ1v) is 5.85. The lowest BCUT2D eigenvalue weighted by Gasteiger charge is -2.15. The number of phenols is 1. The number of methoxy groups -OCH3 is 1. The van der Waals surface area contributed by atoms with Crippen LogP contribution in [0.1, 0.15) is 25.3 Å². The Morgan fingerprint density at radius 3 is 2.75 bits per heavy atom. The van der Waals surface area contributed by atoms with E-state index in [0.29, 0.717) is 5.75 Å². The van der Waals surface area contributed by atoms with Crippen molar-refractivity contribution in [1.29, 1.82) is 0 Å². The molecule has 1 unspecified atom stereocenters. The van der Waals surface area contributed by atoms with Crippen molar-refractivity contribution in [3.8, 4) is 11.5 Å². The van der Waals surface area contributed by atoms with E-state index >= 15 is 0 Å². The Kier molecular flexibility index (Phi) is 5.12. The van der Waals surface area contributed by atoms with Crippen LogP contribution < -0.4 is 9.64 Å². The summed E-state index contributed by atoms with van der Waals surface area (Å²) in [5, 5.41) is 9.92. The van der Waals surface area contributed by atoms with Crippen LogP contribution >= 0.6 is 0 Å². The number of hydrogen-bond donors (Lipinski definition) is 2. The van der Waals surface area contributed by atoms with Gasteiger partial charge in [0.1, 0.15) is 6.54 Å². The van der Waals surface area contributed by atoms with Crippen LogP contribution in [0.5, 0.6) is 11.5 Å². The molecule has 0 spiro atoms. The number of rotatable bonds is 6. The van der Waals surface area contributed by atoms with Gasteiger partial charge in [0.05, 0.1) is 26.3 Å². The normalized spacial score (nSPS) is 12.4.